The standard InChI is InChI=1S/C55H85O12Si10/c1-68(2)47-41-43-48(44-42-47)69(3,4)45-26-46-70-56-71(49-27-12-5-13-28-49)59-74(52-33-18-8-19-34-52)61-72(57-70,50-29-14-6-15-30-50)63-76(54-37-22-10-23-38-54)64-73(58-70,51-31-16-7-17-32-51)62-75(60-71,53-35-20-9-21-36-53)66-77(65-74,67-76)55-39-24-11-25-40-55/h5-12,14,16,18,20,22,24,41-44,49-55H,13,15,17,19,21,23,25-40,45-46H2,1-4H3. The summed E-state index contributed by atoms with van der Waals surface area (Å²) in [4.78, 5) is 0. The van der Waals surface area contributed by atoms with Crippen LogP contribution in [0.4, 0.5) is 0 Å². The van der Waals surface area contributed by atoms with Crippen molar-refractivity contribution in [2.75, 3.05) is 0 Å². The molecule has 0 amide bonds. The van der Waals surface area contributed by atoms with E-state index in [1.807, 2.05) is 0 Å². The van der Waals surface area contributed by atoms with Crippen LogP contribution in [0.5, 0.6) is 0 Å². The second kappa shape index (κ2) is 21.9. The molecule has 0 N–H and O–H groups in total. The molecular formula is C55H85O12Si10. The minimum atomic E-state index is -4.20. The topological polar surface area (TPSA) is 111 Å². The highest BCUT2D eigenvalue weighted by atomic mass is 28.6. The molecule has 7 unspecified atom stereocenters. The van der Waals surface area contributed by atoms with E-state index in [0.717, 1.165) is 147 Å². The molecule has 6 fully saturated rings. The first-order chi connectivity index (χ1) is 37.3. The molecule has 1 aromatic carbocycles. The van der Waals surface area contributed by atoms with Crippen LogP contribution >= 0.6 is 0 Å². The summed E-state index contributed by atoms with van der Waals surface area (Å²) in [5.41, 5.74) is -0.873. The van der Waals surface area contributed by atoms with E-state index in [9.17, 15) is 0 Å². The molecule has 6 aliphatic heterocycles. The van der Waals surface area contributed by atoms with E-state index < -0.39 is 87.3 Å². The van der Waals surface area contributed by atoms with Crippen LogP contribution < -0.4 is 10.4 Å². The van der Waals surface area contributed by atoms with Gasteiger partial charge in [0.05, 0.1) is 16.9 Å². The molecule has 1 aromatic rings. The van der Waals surface area contributed by atoms with Crippen LogP contribution in [-0.2, 0) is 49.4 Å². The minimum absolute atomic E-state index is 0.120. The number of rotatable bonds is 13. The summed E-state index contributed by atoms with van der Waals surface area (Å²) >= 11 is 0. The van der Waals surface area contributed by atoms with E-state index >= 15 is 0 Å². The highest BCUT2D eigenvalue weighted by Crippen LogP contribution is 2.64. The van der Waals surface area contributed by atoms with E-state index in [1.165, 1.54) is 10.4 Å². The molecule has 0 saturated carbocycles. The van der Waals surface area contributed by atoms with Crippen molar-refractivity contribution in [1.82, 2.24) is 0 Å². The van der Waals surface area contributed by atoms with Crippen molar-refractivity contribution < 1.29 is 49.4 Å². The average Bonchev–Trinajstić information content (AvgIpc) is 3.60. The molecule has 6 heterocycles. The highest BCUT2D eigenvalue weighted by molar-refractivity contribution is 7.04. The van der Waals surface area contributed by atoms with Crippen molar-refractivity contribution in [3.05, 3.63) is 109 Å². The van der Waals surface area contributed by atoms with Gasteiger partial charge in [-0.2, -0.15) is 0 Å². The molecule has 7 atom stereocenters. The lowest BCUT2D eigenvalue weighted by Gasteiger charge is -2.67. The average molecular weight is 1220 g/mol. The molecule has 8 bridgehead atoms. The summed E-state index contributed by atoms with van der Waals surface area (Å²) in [6, 6.07) is 11.2. The maximum atomic E-state index is 8.69. The van der Waals surface area contributed by atoms with Gasteiger partial charge in [-0.3, -0.25) is 0 Å². The SMILES string of the molecule is C[Si](C)c1ccc([Si](C)(C)CCC[Si]23O[Si]4(C5CC=CCC5)O[Si]5(C6CC=CCC6)O[Si](C6CC=CCC6)(O2)O[Si]2(C6CC=CCC6)O[Si](C6CC=CCC6)(O3)O[Si](C3CC=CCC3)(O4)O[Si](C3CC=CCC3)(O5)O2)cc1. The Bertz CT molecular complexity index is 2320. The van der Waals surface area contributed by atoms with Gasteiger partial charge in [0.1, 0.15) is 0 Å². The Kier molecular flexibility index (Phi) is 15.7. The molecule has 1 radical (unpaired) electrons. The van der Waals surface area contributed by atoms with Gasteiger partial charge >= 0.3 is 70.4 Å². The van der Waals surface area contributed by atoms with Crippen molar-refractivity contribution in [3.8, 4) is 0 Å². The zero-order valence-corrected chi connectivity index (χ0v) is 56.3. The molecule has 7 aliphatic carbocycles. The number of benzene rings is 1. The lowest BCUT2D eigenvalue weighted by Crippen LogP contribution is -2.91. The van der Waals surface area contributed by atoms with E-state index in [-0.39, 0.29) is 38.8 Å². The van der Waals surface area contributed by atoms with Crippen LogP contribution in [0.3, 0.4) is 0 Å². The molecule has 77 heavy (non-hydrogen) atoms. The fourth-order valence-electron chi connectivity index (χ4n) is 14.8. The Hall–Kier alpha value is -0.911. The Labute approximate surface area is 471 Å². The third-order valence-corrected chi connectivity index (χ3v) is 63.6. The van der Waals surface area contributed by atoms with Crippen LogP contribution in [0, 0.1) is 0 Å². The molecular weight excluding hydrogens is 1130 g/mol. The highest BCUT2D eigenvalue weighted by Gasteiger charge is 2.88. The summed E-state index contributed by atoms with van der Waals surface area (Å²) in [5, 5.41) is 2.95. The van der Waals surface area contributed by atoms with Crippen LogP contribution in [0.15, 0.2) is 109 Å². The van der Waals surface area contributed by atoms with Gasteiger partial charge in [0.2, 0.25) is 0 Å². The molecule has 0 spiro atoms. The van der Waals surface area contributed by atoms with Crippen molar-refractivity contribution in [2.45, 2.75) is 218 Å². The van der Waals surface area contributed by atoms with E-state index in [2.05, 4.69) is 136 Å². The molecule has 0 aromatic heterocycles. The Balaban J connectivity index is 1.09. The van der Waals surface area contributed by atoms with Crippen LogP contribution in [0.1, 0.15) is 141 Å². The second-order valence-electron chi connectivity index (χ2n) is 25.3. The summed E-state index contributed by atoms with van der Waals surface area (Å²) in [5.74, 6) is 0. The van der Waals surface area contributed by atoms with Gasteiger partial charge in [-0.1, -0.05) is 158 Å². The molecule has 13 aliphatic rings. The summed E-state index contributed by atoms with van der Waals surface area (Å²) in [6.07, 6.45) is 50.7. The van der Waals surface area contributed by atoms with Gasteiger partial charge in [0.15, 0.2) is 0 Å². The van der Waals surface area contributed by atoms with Crippen LogP contribution in [-0.4, -0.2) is 87.3 Å². The van der Waals surface area contributed by atoms with Gasteiger partial charge in [0.25, 0.3) is 0 Å². The summed E-state index contributed by atoms with van der Waals surface area (Å²) in [6.45, 7) is 9.82. The second-order valence-corrected chi connectivity index (χ2v) is 58.6. The quantitative estimate of drug-likeness (QED) is 0.138. The van der Waals surface area contributed by atoms with Crippen molar-refractivity contribution in [2.24, 2.45) is 0 Å². The first kappa shape index (κ1) is 55.3. The fourth-order valence-corrected chi connectivity index (χ4v) is 73.3. The molecule has 22 heteroatoms. The largest absolute Gasteiger partial charge is 0.482 e. The predicted molar refractivity (Wildman–Crippen MR) is 321 cm³/mol. The van der Waals surface area contributed by atoms with Crippen LogP contribution in [0.25, 0.3) is 0 Å². The van der Waals surface area contributed by atoms with Crippen molar-refractivity contribution in [3.63, 3.8) is 0 Å². The Morgan fingerprint density at radius 1 is 0.364 bits per heavy atom. The summed E-state index contributed by atoms with van der Waals surface area (Å²) < 4.78 is 104. The number of hydrogen-bond acceptors (Lipinski definition) is 12. The van der Waals surface area contributed by atoms with E-state index in [4.69, 9.17) is 49.4 Å². The van der Waals surface area contributed by atoms with Gasteiger partial charge in [-0.25, -0.2) is 0 Å². The molecule has 6 saturated heterocycles. The lowest BCUT2D eigenvalue weighted by atomic mass is 10.1. The van der Waals surface area contributed by atoms with Crippen molar-refractivity contribution >= 4 is 97.7 Å². The molecule has 12 nitrogen and oxygen atoms in total. The Morgan fingerprint density at radius 2 is 0.610 bits per heavy atom. The first-order valence-corrected chi connectivity index (χ1v) is 50.5. The van der Waals surface area contributed by atoms with Crippen molar-refractivity contribution in [1.29, 1.82) is 0 Å². The zero-order chi connectivity index (χ0) is 52.5. The van der Waals surface area contributed by atoms with Crippen LogP contribution in [0.2, 0.25) is 77.1 Å². The van der Waals surface area contributed by atoms with Gasteiger partial charge in [-0.15, -0.1) is 0 Å². The zero-order valence-electron chi connectivity index (χ0n) is 46.3. The number of allylic oxidation sites excluding steroid dienone is 14. The predicted octanol–water partition coefficient (Wildman–Crippen LogP) is 13.5. The van der Waals surface area contributed by atoms with Gasteiger partial charge < -0.3 is 49.4 Å². The Morgan fingerprint density at radius 3 is 0.831 bits per heavy atom. The monoisotopic (exact) mass is 1220 g/mol. The maximum absolute atomic E-state index is 8.69. The third-order valence-electron chi connectivity index (χ3n) is 19.4. The fraction of sp³-hybridized carbons (Fsp3) is 0.636. The molecule has 14 rings (SSSR count). The van der Waals surface area contributed by atoms with E-state index in [0.29, 0.717) is 6.04 Å². The smallest absolute Gasteiger partial charge is 0.373 e. The minimum Gasteiger partial charge on any atom is -0.373 e. The summed E-state index contributed by atoms with van der Waals surface area (Å²) in [7, 11) is -36.2. The van der Waals surface area contributed by atoms with E-state index in [1.54, 1.807) is 0 Å². The van der Waals surface area contributed by atoms with Gasteiger partial charge in [-0.05, 0) is 135 Å². The number of hydrogen-bond donors (Lipinski definition) is 0. The first-order valence-electron chi connectivity index (χ1n) is 30.2. The third kappa shape index (κ3) is 10.3. The maximum Gasteiger partial charge on any atom is 0.482 e. The lowest BCUT2D eigenvalue weighted by molar-refractivity contribution is -0.0478. The normalized spacial score (nSPS) is 45.4. The van der Waals surface area contributed by atoms with Gasteiger partial charge in [0, 0.05) is 44.8 Å². The molecule has 417 valence electrons.